The van der Waals surface area contributed by atoms with Gasteiger partial charge in [-0.05, 0) is 51.3 Å². The molecule has 2 aliphatic rings. The van der Waals surface area contributed by atoms with Gasteiger partial charge in [0.25, 0.3) is 0 Å². The molecule has 0 aromatic carbocycles. The van der Waals surface area contributed by atoms with E-state index >= 15 is 0 Å². The second-order valence-corrected chi connectivity index (χ2v) is 7.50. The van der Waals surface area contributed by atoms with Crippen molar-refractivity contribution in [2.24, 2.45) is 0 Å². The highest BCUT2D eigenvalue weighted by molar-refractivity contribution is 7.99. The molecule has 106 valence electrons. The Morgan fingerprint density at radius 1 is 1.22 bits per heavy atom. The third-order valence-corrected chi connectivity index (χ3v) is 5.71. The fourth-order valence-corrected chi connectivity index (χ4v) is 4.72. The van der Waals surface area contributed by atoms with Gasteiger partial charge in [-0.25, -0.2) is 0 Å². The Labute approximate surface area is 117 Å². The van der Waals surface area contributed by atoms with Gasteiger partial charge in [0.1, 0.15) is 0 Å². The molecule has 2 fully saturated rings. The lowest BCUT2D eigenvalue weighted by atomic mass is 9.98. The summed E-state index contributed by atoms with van der Waals surface area (Å²) in [6.45, 7) is 5.90. The van der Waals surface area contributed by atoms with Gasteiger partial charge >= 0.3 is 0 Å². The summed E-state index contributed by atoms with van der Waals surface area (Å²) in [5.41, 5.74) is 0. The molecule has 0 radical (unpaired) electrons. The summed E-state index contributed by atoms with van der Waals surface area (Å²) >= 11 is 2.16. The smallest absolute Gasteiger partial charge is 0.0201 e. The molecule has 0 aromatic rings. The van der Waals surface area contributed by atoms with E-state index in [9.17, 15) is 0 Å². The fraction of sp³-hybridized carbons (Fsp3) is 1.00. The molecule has 18 heavy (non-hydrogen) atoms. The molecule has 2 rings (SSSR count). The summed E-state index contributed by atoms with van der Waals surface area (Å²) in [5.74, 6) is 1.27. The topological polar surface area (TPSA) is 24.1 Å². The van der Waals surface area contributed by atoms with E-state index in [1.165, 1.54) is 57.2 Å². The van der Waals surface area contributed by atoms with Crippen LogP contribution in [0.25, 0.3) is 0 Å². The second kappa shape index (κ2) is 7.76. The van der Waals surface area contributed by atoms with E-state index in [1.807, 2.05) is 0 Å². The molecule has 1 aliphatic heterocycles. The Morgan fingerprint density at radius 2 is 2.11 bits per heavy atom. The first-order valence-electron chi connectivity index (χ1n) is 7.90. The van der Waals surface area contributed by atoms with E-state index in [1.54, 1.807) is 0 Å². The minimum Gasteiger partial charge on any atom is -0.314 e. The Kier molecular flexibility index (Phi) is 6.33. The molecule has 4 unspecified atom stereocenters. The molecule has 0 bridgehead atoms. The van der Waals surface area contributed by atoms with E-state index in [2.05, 4.69) is 36.2 Å². The normalized spacial score (nSPS) is 34.7. The van der Waals surface area contributed by atoms with Crippen LogP contribution in [-0.4, -0.2) is 35.7 Å². The first-order valence-corrected chi connectivity index (χ1v) is 8.95. The number of thioether (sulfide) groups is 1. The van der Waals surface area contributed by atoms with E-state index < -0.39 is 0 Å². The standard InChI is InChI=1S/C15H30N2S/c1-3-18-15-9-6-8-14(15)17-12(2)11-13-7-4-5-10-16-13/h12-17H,3-11H2,1-2H3. The monoisotopic (exact) mass is 270 g/mol. The van der Waals surface area contributed by atoms with Crippen molar-refractivity contribution in [2.75, 3.05) is 12.3 Å². The van der Waals surface area contributed by atoms with Crippen LogP contribution >= 0.6 is 11.8 Å². The number of hydrogen-bond acceptors (Lipinski definition) is 3. The molecule has 0 spiro atoms. The van der Waals surface area contributed by atoms with Crippen LogP contribution in [0, 0.1) is 0 Å². The molecule has 4 atom stereocenters. The maximum Gasteiger partial charge on any atom is 0.0201 e. The van der Waals surface area contributed by atoms with Crippen LogP contribution in [-0.2, 0) is 0 Å². The Balaban J connectivity index is 1.70. The van der Waals surface area contributed by atoms with Crippen molar-refractivity contribution in [2.45, 2.75) is 82.2 Å². The average Bonchev–Trinajstić information content (AvgIpc) is 2.78. The zero-order valence-corrected chi connectivity index (χ0v) is 12.9. The number of rotatable bonds is 6. The molecule has 1 saturated carbocycles. The van der Waals surface area contributed by atoms with Gasteiger partial charge in [-0.1, -0.05) is 19.8 Å². The quantitative estimate of drug-likeness (QED) is 0.775. The highest BCUT2D eigenvalue weighted by Crippen LogP contribution is 2.30. The van der Waals surface area contributed by atoms with E-state index in [0.29, 0.717) is 6.04 Å². The van der Waals surface area contributed by atoms with Crippen LogP contribution in [0.5, 0.6) is 0 Å². The molecular weight excluding hydrogens is 240 g/mol. The van der Waals surface area contributed by atoms with E-state index in [0.717, 1.165) is 17.3 Å². The van der Waals surface area contributed by atoms with Gasteiger partial charge in [0.15, 0.2) is 0 Å². The molecule has 3 heteroatoms. The van der Waals surface area contributed by atoms with Crippen molar-refractivity contribution >= 4 is 11.8 Å². The highest BCUT2D eigenvalue weighted by Gasteiger charge is 2.28. The SMILES string of the molecule is CCSC1CCCC1NC(C)CC1CCCCN1. The first-order chi connectivity index (χ1) is 8.79. The predicted octanol–water partition coefficient (Wildman–Crippen LogP) is 3.17. The molecule has 0 amide bonds. The lowest BCUT2D eigenvalue weighted by Crippen LogP contribution is -2.45. The third-order valence-electron chi connectivity index (χ3n) is 4.38. The molecular formula is C15H30N2S. The average molecular weight is 270 g/mol. The number of nitrogens with one attached hydrogen (secondary N) is 2. The van der Waals surface area contributed by atoms with Gasteiger partial charge < -0.3 is 10.6 Å². The minimum atomic E-state index is 0.670. The maximum absolute atomic E-state index is 3.90. The van der Waals surface area contributed by atoms with Crippen molar-refractivity contribution in [1.82, 2.24) is 10.6 Å². The first kappa shape index (κ1) is 14.7. The Hall–Kier alpha value is 0.270. The lowest BCUT2D eigenvalue weighted by Gasteiger charge is -2.29. The van der Waals surface area contributed by atoms with Crippen molar-refractivity contribution in [3.8, 4) is 0 Å². The van der Waals surface area contributed by atoms with Gasteiger partial charge in [0.2, 0.25) is 0 Å². The number of piperidine rings is 1. The summed E-state index contributed by atoms with van der Waals surface area (Å²) < 4.78 is 0. The predicted molar refractivity (Wildman–Crippen MR) is 82.4 cm³/mol. The Bertz CT molecular complexity index is 229. The van der Waals surface area contributed by atoms with Gasteiger partial charge in [-0.15, -0.1) is 0 Å². The molecule has 2 nitrogen and oxygen atoms in total. The molecule has 2 N–H and O–H groups in total. The third kappa shape index (κ3) is 4.43. The fourth-order valence-electron chi connectivity index (χ4n) is 3.52. The molecule has 1 heterocycles. The summed E-state index contributed by atoms with van der Waals surface area (Å²) in [5, 5.41) is 8.44. The molecule has 0 aromatic heterocycles. The minimum absolute atomic E-state index is 0.670. The maximum atomic E-state index is 3.90. The van der Waals surface area contributed by atoms with Crippen molar-refractivity contribution < 1.29 is 0 Å². The summed E-state index contributed by atoms with van der Waals surface area (Å²) in [6.07, 6.45) is 9.70. The molecule has 1 aliphatic carbocycles. The lowest BCUT2D eigenvalue weighted by molar-refractivity contribution is 0.330. The van der Waals surface area contributed by atoms with Crippen molar-refractivity contribution in [3.05, 3.63) is 0 Å². The van der Waals surface area contributed by atoms with E-state index in [4.69, 9.17) is 0 Å². The van der Waals surface area contributed by atoms with Gasteiger partial charge in [-0.2, -0.15) is 11.8 Å². The van der Waals surface area contributed by atoms with E-state index in [-0.39, 0.29) is 0 Å². The van der Waals surface area contributed by atoms with Crippen LogP contribution in [0.2, 0.25) is 0 Å². The van der Waals surface area contributed by atoms with Crippen LogP contribution in [0.15, 0.2) is 0 Å². The summed E-state index contributed by atoms with van der Waals surface area (Å²) in [6, 6.07) is 2.21. The summed E-state index contributed by atoms with van der Waals surface area (Å²) in [4.78, 5) is 0. The largest absolute Gasteiger partial charge is 0.314 e. The second-order valence-electron chi connectivity index (χ2n) is 5.98. The van der Waals surface area contributed by atoms with Crippen molar-refractivity contribution in [3.63, 3.8) is 0 Å². The molecule has 1 saturated heterocycles. The zero-order chi connectivity index (χ0) is 12.8. The van der Waals surface area contributed by atoms with Crippen LogP contribution in [0.1, 0.15) is 58.8 Å². The van der Waals surface area contributed by atoms with Gasteiger partial charge in [-0.3, -0.25) is 0 Å². The number of hydrogen-bond donors (Lipinski definition) is 2. The van der Waals surface area contributed by atoms with Crippen LogP contribution in [0.4, 0.5) is 0 Å². The van der Waals surface area contributed by atoms with Gasteiger partial charge in [0, 0.05) is 23.4 Å². The highest BCUT2D eigenvalue weighted by atomic mass is 32.2. The van der Waals surface area contributed by atoms with Crippen LogP contribution < -0.4 is 10.6 Å². The summed E-state index contributed by atoms with van der Waals surface area (Å²) in [7, 11) is 0. The van der Waals surface area contributed by atoms with Gasteiger partial charge in [0.05, 0.1) is 0 Å². The van der Waals surface area contributed by atoms with Crippen LogP contribution in [0.3, 0.4) is 0 Å². The zero-order valence-electron chi connectivity index (χ0n) is 12.1. The Morgan fingerprint density at radius 3 is 2.83 bits per heavy atom. The van der Waals surface area contributed by atoms with Crippen molar-refractivity contribution in [1.29, 1.82) is 0 Å².